The highest BCUT2D eigenvalue weighted by Gasteiger charge is 2.23. The Balaban J connectivity index is 1.60. The molecule has 0 saturated carbocycles. The van der Waals surface area contributed by atoms with Gasteiger partial charge in [0.15, 0.2) is 11.5 Å². The third kappa shape index (κ3) is 4.29. The zero-order valence-corrected chi connectivity index (χ0v) is 17.6. The topological polar surface area (TPSA) is 137 Å². The molecule has 0 bridgehead atoms. The number of halogens is 1. The van der Waals surface area contributed by atoms with Gasteiger partial charge in [-0.3, -0.25) is 19.6 Å². The number of sulfonamides is 1. The minimum atomic E-state index is -4.25. The normalized spacial score (nSPS) is 12.3. The average Bonchev–Trinajstić information content (AvgIpc) is 3.21. The number of hydrogen-bond donors (Lipinski definition) is 2. The Labute approximate surface area is 186 Å². The summed E-state index contributed by atoms with van der Waals surface area (Å²) in [7, 11) is -4.25. The van der Waals surface area contributed by atoms with Crippen LogP contribution in [-0.2, 0) is 10.0 Å². The fourth-order valence-electron chi connectivity index (χ4n) is 2.95. The maximum Gasteiger partial charge on any atom is 0.289 e. The van der Waals surface area contributed by atoms with E-state index in [0.29, 0.717) is 17.2 Å². The van der Waals surface area contributed by atoms with E-state index in [0.717, 1.165) is 18.2 Å². The lowest BCUT2D eigenvalue weighted by atomic mass is 10.1. The summed E-state index contributed by atoms with van der Waals surface area (Å²) in [6, 6.07) is 13.9. The van der Waals surface area contributed by atoms with Gasteiger partial charge in [-0.05, 0) is 36.4 Å². The highest BCUT2D eigenvalue weighted by molar-refractivity contribution is 7.92. The lowest BCUT2D eigenvalue weighted by Gasteiger charge is -2.13. The minimum absolute atomic E-state index is 0.0108. The van der Waals surface area contributed by atoms with Crippen molar-refractivity contribution < 1.29 is 27.6 Å². The SMILES string of the molecule is O=C(Nc1ccc2c(c1)OCO2)c1ccccc1NS(=O)(=O)c1ccc(Cl)c([N+](=O)[O-])c1. The van der Waals surface area contributed by atoms with E-state index in [9.17, 15) is 23.3 Å². The van der Waals surface area contributed by atoms with Gasteiger partial charge in [0, 0.05) is 17.8 Å². The smallest absolute Gasteiger partial charge is 0.289 e. The number of carbonyl (C=O) groups is 1. The van der Waals surface area contributed by atoms with Crippen LogP contribution in [0, 0.1) is 10.1 Å². The van der Waals surface area contributed by atoms with Crippen molar-refractivity contribution in [3.8, 4) is 11.5 Å². The molecule has 0 saturated heterocycles. The summed E-state index contributed by atoms with van der Waals surface area (Å²) in [5.74, 6) is 0.443. The van der Waals surface area contributed by atoms with Crippen molar-refractivity contribution in [2.75, 3.05) is 16.8 Å². The highest BCUT2D eigenvalue weighted by Crippen LogP contribution is 2.34. The molecule has 0 fully saturated rings. The Hall–Kier alpha value is -3.83. The Bertz CT molecular complexity index is 1340. The molecule has 1 heterocycles. The summed E-state index contributed by atoms with van der Waals surface area (Å²) in [5, 5.41) is 13.6. The number of amides is 1. The zero-order valence-electron chi connectivity index (χ0n) is 16.1. The molecule has 0 aliphatic carbocycles. The van der Waals surface area contributed by atoms with Gasteiger partial charge in [0.1, 0.15) is 5.02 Å². The summed E-state index contributed by atoms with van der Waals surface area (Å²) < 4.78 is 38.4. The molecular formula is C20H14ClN3O7S. The van der Waals surface area contributed by atoms with Gasteiger partial charge in [0.2, 0.25) is 6.79 Å². The molecule has 1 aliphatic heterocycles. The largest absolute Gasteiger partial charge is 0.454 e. The molecule has 1 aliphatic rings. The summed E-state index contributed by atoms with van der Waals surface area (Å²) in [5.41, 5.74) is -0.103. The van der Waals surface area contributed by atoms with E-state index in [4.69, 9.17) is 21.1 Å². The average molecular weight is 476 g/mol. The van der Waals surface area contributed by atoms with E-state index in [1.165, 1.54) is 12.1 Å². The number of nitro groups is 1. The number of carbonyl (C=O) groups excluding carboxylic acids is 1. The van der Waals surface area contributed by atoms with Crippen LogP contribution in [-0.4, -0.2) is 26.0 Å². The van der Waals surface area contributed by atoms with Crippen molar-refractivity contribution in [2.45, 2.75) is 4.90 Å². The van der Waals surface area contributed by atoms with Gasteiger partial charge in [-0.1, -0.05) is 23.7 Å². The van der Waals surface area contributed by atoms with E-state index >= 15 is 0 Å². The fourth-order valence-corrected chi connectivity index (χ4v) is 4.23. The summed E-state index contributed by atoms with van der Waals surface area (Å²) in [6.07, 6.45) is 0. The van der Waals surface area contributed by atoms with Crippen LogP contribution >= 0.6 is 11.6 Å². The van der Waals surface area contributed by atoms with Crippen molar-refractivity contribution >= 4 is 44.6 Å². The third-order valence-electron chi connectivity index (χ3n) is 4.47. The van der Waals surface area contributed by atoms with Crippen molar-refractivity contribution in [1.82, 2.24) is 0 Å². The van der Waals surface area contributed by atoms with Crippen LogP contribution in [0.25, 0.3) is 0 Å². The Morgan fingerprint density at radius 3 is 2.56 bits per heavy atom. The van der Waals surface area contributed by atoms with Gasteiger partial charge in [-0.25, -0.2) is 8.42 Å². The number of rotatable bonds is 6. The Morgan fingerprint density at radius 1 is 1.03 bits per heavy atom. The minimum Gasteiger partial charge on any atom is -0.454 e. The molecule has 0 aromatic heterocycles. The van der Waals surface area contributed by atoms with Gasteiger partial charge >= 0.3 is 0 Å². The Kier molecular flexibility index (Phi) is 5.59. The first kappa shape index (κ1) is 21.4. The number of anilines is 2. The van der Waals surface area contributed by atoms with E-state index in [-0.39, 0.29) is 28.0 Å². The van der Waals surface area contributed by atoms with E-state index in [1.54, 1.807) is 30.3 Å². The number of nitro benzene ring substituents is 1. The first-order valence-electron chi connectivity index (χ1n) is 9.01. The van der Waals surface area contributed by atoms with Gasteiger partial charge in [-0.2, -0.15) is 0 Å². The van der Waals surface area contributed by atoms with Gasteiger partial charge in [-0.15, -0.1) is 0 Å². The van der Waals surface area contributed by atoms with Crippen LogP contribution in [0.15, 0.2) is 65.6 Å². The lowest BCUT2D eigenvalue weighted by Crippen LogP contribution is -2.18. The number of ether oxygens (including phenoxy) is 2. The number of nitrogens with zero attached hydrogens (tertiary/aromatic N) is 1. The first-order chi connectivity index (χ1) is 15.2. The van der Waals surface area contributed by atoms with Crippen molar-refractivity contribution in [3.63, 3.8) is 0 Å². The molecule has 4 rings (SSSR count). The van der Waals surface area contributed by atoms with E-state index in [2.05, 4.69) is 10.0 Å². The molecule has 0 unspecified atom stereocenters. The van der Waals surface area contributed by atoms with Crippen molar-refractivity contribution in [3.05, 3.63) is 81.4 Å². The van der Waals surface area contributed by atoms with Gasteiger partial charge in [0.25, 0.3) is 21.6 Å². The van der Waals surface area contributed by atoms with Crippen LogP contribution in [0.1, 0.15) is 10.4 Å². The number of fused-ring (bicyclic) bond motifs is 1. The zero-order chi connectivity index (χ0) is 22.9. The van der Waals surface area contributed by atoms with Crippen LogP contribution < -0.4 is 19.5 Å². The van der Waals surface area contributed by atoms with Crippen molar-refractivity contribution in [1.29, 1.82) is 0 Å². The summed E-state index contributed by atoms with van der Waals surface area (Å²) in [4.78, 5) is 22.7. The van der Waals surface area contributed by atoms with Crippen molar-refractivity contribution in [2.24, 2.45) is 0 Å². The van der Waals surface area contributed by atoms with Gasteiger partial charge in [0.05, 0.1) is 21.1 Å². The Morgan fingerprint density at radius 2 is 1.78 bits per heavy atom. The molecule has 32 heavy (non-hydrogen) atoms. The highest BCUT2D eigenvalue weighted by atomic mass is 35.5. The molecule has 0 spiro atoms. The molecule has 12 heteroatoms. The molecule has 10 nitrogen and oxygen atoms in total. The van der Waals surface area contributed by atoms with Crippen LogP contribution in [0.3, 0.4) is 0 Å². The molecule has 0 atom stereocenters. The quantitative estimate of drug-likeness (QED) is 0.405. The summed E-state index contributed by atoms with van der Waals surface area (Å²) in [6.45, 7) is 0.0835. The summed E-state index contributed by atoms with van der Waals surface area (Å²) >= 11 is 5.75. The molecule has 164 valence electrons. The molecule has 3 aromatic carbocycles. The predicted octanol–water partition coefficient (Wildman–Crippen LogP) is 4.03. The first-order valence-corrected chi connectivity index (χ1v) is 10.9. The molecule has 0 radical (unpaired) electrons. The predicted molar refractivity (Wildman–Crippen MR) is 116 cm³/mol. The number of nitrogens with one attached hydrogen (secondary N) is 2. The maximum absolute atomic E-state index is 12.8. The molecule has 3 aromatic rings. The molecular weight excluding hydrogens is 462 g/mol. The van der Waals surface area contributed by atoms with Crippen LogP contribution in [0.2, 0.25) is 5.02 Å². The lowest BCUT2D eigenvalue weighted by molar-refractivity contribution is -0.384. The van der Waals surface area contributed by atoms with Crippen LogP contribution in [0.4, 0.5) is 17.1 Å². The standard InChI is InChI=1S/C20H14ClN3O7S/c21-15-7-6-13(10-17(15)24(26)27)32(28,29)23-16-4-2-1-3-14(16)20(25)22-12-5-8-18-19(9-12)31-11-30-18/h1-10,23H,11H2,(H,22,25). The van der Waals surface area contributed by atoms with E-state index in [1.807, 2.05) is 0 Å². The molecule has 1 amide bonds. The van der Waals surface area contributed by atoms with Crippen LogP contribution in [0.5, 0.6) is 11.5 Å². The molecule has 2 N–H and O–H groups in total. The number of benzene rings is 3. The van der Waals surface area contributed by atoms with E-state index < -0.39 is 26.5 Å². The second-order valence-corrected chi connectivity index (χ2v) is 8.63. The number of hydrogen-bond acceptors (Lipinski definition) is 7. The second-order valence-electron chi connectivity index (χ2n) is 6.54. The monoisotopic (exact) mass is 475 g/mol. The second kappa shape index (κ2) is 8.36. The maximum atomic E-state index is 12.8. The van der Waals surface area contributed by atoms with Gasteiger partial charge < -0.3 is 14.8 Å². The third-order valence-corrected chi connectivity index (χ3v) is 6.15. The fraction of sp³-hybridized carbons (Fsp3) is 0.0500. The number of para-hydroxylation sites is 1.